The maximum absolute atomic E-state index is 9.83. The minimum absolute atomic E-state index is 0.0280. The zero-order valence-electron chi connectivity index (χ0n) is 9.10. The molecule has 15 heavy (non-hydrogen) atoms. The molecule has 1 aliphatic heterocycles. The Bertz CT molecular complexity index is 297. The second kappa shape index (κ2) is 4.77. The van der Waals surface area contributed by atoms with E-state index in [1.165, 1.54) is 5.56 Å². The summed E-state index contributed by atoms with van der Waals surface area (Å²) in [5.74, 6) is 0. The molecule has 0 unspecified atom stereocenters. The SMILES string of the molecule is CCC[C@@H]1O[C@@H](c2ccccc2)C[C@H]1O. The van der Waals surface area contributed by atoms with Crippen molar-refractivity contribution in [1.29, 1.82) is 0 Å². The summed E-state index contributed by atoms with van der Waals surface area (Å²) in [6, 6.07) is 10.1. The third-order valence-corrected chi connectivity index (χ3v) is 2.97. The van der Waals surface area contributed by atoms with E-state index in [0.29, 0.717) is 0 Å². The van der Waals surface area contributed by atoms with Crippen molar-refractivity contribution in [3.63, 3.8) is 0 Å². The summed E-state index contributed by atoms with van der Waals surface area (Å²) in [7, 11) is 0. The van der Waals surface area contributed by atoms with E-state index in [-0.39, 0.29) is 18.3 Å². The Morgan fingerprint density at radius 2 is 2.07 bits per heavy atom. The van der Waals surface area contributed by atoms with Crippen LogP contribution in [0.5, 0.6) is 0 Å². The van der Waals surface area contributed by atoms with Gasteiger partial charge in [0.25, 0.3) is 0 Å². The lowest BCUT2D eigenvalue weighted by Gasteiger charge is -2.13. The molecule has 0 saturated carbocycles. The van der Waals surface area contributed by atoms with Crippen LogP contribution >= 0.6 is 0 Å². The van der Waals surface area contributed by atoms with Crippen molar-refractivity contribution in [2.45, 2.75) is 44.5 Å². The Kier molecular flexibility index (Phi) is 3.39. The number of rotatable bonds is 3. The Morgan fingerprint density at radius 1 is 1.33 bits per heavy atom. The van der Waals surface area contributed by atoms with Gasteiger partial charge < -0.3 is 9.84 Å². The maximum atomic E-state index is 9.83. The van der Waals surface area contributed by atoms with Gasteiger partial charge in [0, 0.05) is 6.42 Å². The predicted octanol–water partition coefficient (Wildman–Crippen LogP) is 2.68. The molecule has 0 radical (unpaired) electrons. The van der Waals surface area contributed by atoms with Gasteiger partial charge in [0.2, 0.25) is 0 Å². The number of aliphatic hydroxyl groups is 1. The average molecular weight is 206 g/mol. The van der Waals surface area contributed by atoms with Gasteiger partial charge >= 0.3 is 0 Å². The summed E-state index contributed by atoms with van der Waals surface area (Å²) in [6.07, 6.45) is 2.55. The largest absolute Gasteiger partial charge is 0.390 e. The van der Waals surface area contributed by atoms with E-state index < -0.39 is 0 Å². The third-order valence-electron chi connectivity index (χ3n) is 2.97. The van der Waals surface area contributed by atoms with E-state index in [1.54, 1.807) is 0 Å². The summed E-state index contributed by atoms with van der Waals surface area (Å²) in [6.45, 7) is 2.12. The van der Waals surface area contributed by atoms with Gasteiger partial charge in [0.05, 0.1) is 18.3 Å². The zero-order chi connectivity index (χ0) is 10.7. The van der Waals surface area contributed by atoms with E-state index in [1.807, 2.05) is 18.2 Å². The average Bonchev–Trinajstić information content (AvgIpc) is 2.63. The number of hydrogen-bond acceptors (Lipinski definition) is 2. The molecule has 1 N–H and O–H groups in total. The Morgan fingerprint density at radius 3 is 2.73 bits per heavy atom. The van der Waals surface area contributed by atoms with Crippen LogP contribution in [0, 0.1) is 0 Å². The predicted molar refractivity (Wildman–Crippen MR) is 59.6 cm³/mol. The highest BCUT2D eigenvalue weighted by Gasteiger charge is 2.33. The fourth-order valence-electron chi connectivity index (χ4n) is 2.16. The van der Waals surface area contributed by atoms with Crippen LogP contribution in [0.15, 0.2) is 30.3 Å². The van der Waals surface area contributed by atoms with Crippen LogP contribution in [-0.4, -0.2) is 17.3 Å². The van der Waals surface area contributed by atoms with E-state index in [2.05, 4.69) is 19.1 Å². The molecule has 3 atom stereocenters. The molecular weight excluding hydrogens is 188 g/mol. The lowest BCUT2D eigenvalue weighted by Crippen LogP contribution is -2.19. The lowest BCUT2D eigenvalue weighted by molar-refractivity contribution is 0.00449. The van der Waals surface area contributed by atoms with Crippen LogP contribution in [0.25, 0.3) is 0 Å². The Labute approximate surface area is 90.9 Å². The van der Waals surface area contributed by atoms with Gasteiger partial charge in [0.1, 0.15) is 0 Å². The summed E-state index contributed by atoms with van der Waals surface area (Å²) in [4.78, 5) is 0. The van der Waals surface area contributed by atoms with Crippen molar-refractivity contribution in [1.82, 2.24) is 0 Å². The molecule has 0 spiro atoms. The van der Waals surface area contributed by atoms with Gasteiger partial charge in [-0.1, -0.05) is 43.7 Å². The molecule has 1 aliphatic rings. The van der Waals surface area contributed by atoms with Crippen LogP contribution in [0.4, 0.5) is 0 Å². The van der Waals surface area contributed by atoms with Crippen molar-refractivity contribution >= 4 is 0 Å². The maximum Gasteiger partial charge on any atom is 0.0855 e. The van der Waals surface area contributed by atoms with Crippen molar-refractivity contribution in [3.8, 4) is 0 Å². The molecule has 1 aromatic rings. The van der Waals surface area contributed by atoms with Crippen LogP contribution in [0.3, 0.4) is 0 Å². The third kappa shape index (κ3) is 2.39. The van der Waals surface area contributed by atoms with Gasteiger partial charge in [-0.25, -0.2) is 0 Å². The molecule has 1 fully saturated rings. The summed E-state index contributed by atoms with van der Waals surface area (Å²) in [5.41, 5.74) is 1.18. The lowest BCUT2D eigenvalue weighted by atomic mass is 10.0. The molecule has 2 heteroatoms. The van der Waals surface area contributed by atoms with Crippen molar-refractivity contribution in [2.24, 2.45) is 0 Å². The number of aliphatic hydroxyl groups excluding tert-OH is 1. The van der Waals surface area contributed by atoms with Gasteiger partial charge in [-0.15, -0.1) is 0 Å². The molecular formula is C13H18O2. The highest BCUT2D eigenvalue weighted by Crippen LogP contribution is 2.34. The topological polar surface area (TPSA) is 29.5 Å². The molecule has 2 rings (SSSR count). The second-order valence-corrected chi connectivity index (χ2v) is 4.17. The first-order chi connectivity index (χ1) is 7.31. The van der Waals surface area contributed by atoms with E-state index in [9.17, 15) is 5.11 Å². The highest BCUT2D eigenvalue weighted by atomic mass is 16.5. The molecule has 1 aromatic carbocycles. The van der Waals surface area contributed by atoms with Gasteiger partial charge in [0.15, 0.2) is 0 Å². The van der Waals surface area contributed by atoms with Crippen LogP contribution in [-0.2, 0) is 4.74 Å². The van der Waals surface area contributed by atoms with Gasteiger partial charge in [-0.05, 0) is 12.0 Å². The fraction of sp³-hybridized carbons (Fsp3) is 0.538. The van der Waals surface area contributed by atoms with Gasteiger partial charge in [-0.2, -0.15) is 0 Å². The summed E-state index contributed by atoms with van der Waals surface area (Å²) >= 11 is 0. The fourth-order valence-corrected chi connectivity index (χ4v) is 2.16. The van der Waals surface area contributed by atoms with E-state index in [0.717, 1.165) is 19.3 Å². The smallest absolute Gasteiger partial charge is 0.0855 e. The summed E-state index contributed by atoms with van der Waals surface area (Å²) in [5, 5.41) is 9.83. The van der Waals surface area contributed by atoms with Crippen LogP contribution in [0.2, 0.25) is 0 Å². The normalized spacial score (nSPS) is 30.7. The van der Waals surface area contributed by atoms with E-state index >= 15 is 0 Å². The first-order valence-corrected chi connectivity index (χ1v) is 5.69. The number of benzene rings is 1. The highest BCUT2D eigenvalue weighted by molar-refractivity contribution is 5.18. The number of hydrogen-bond donors (Lipinski definition) is 1. The van der Waals surface area contributed by atoms with Gasteiger partial charge in [-0.3, -0.25) is 0 Å². The minimum atomic E-state index is -0.296. The van der Waals surface area contributed by atoms with E-state index in [4.69, 9.17) is 4.74 Å². The van der Waals surface area contributed by atoms with Crippen molar-refractivity contribution < 1.29 is 9.84 Å². The molecule has 0 amide bonds. The second-order valence-electron chi connectivity index (χ2n) is 4.17. The first kappa shape index (κ1) is 10.7. The van der Waals surface area contributed by atoms with Crippen LogP contribution < -0.4 is 0 Å². The number of ether oxygens (including phenoxy) is 1. The monoisotopic (exact) mass is 206 g/mol. The zero-order valence-corrected chi connectivity index (χ0v) is 9.10. The molecule has 82 valence electrons. The molecule has 0 bridgehead atoms. The molecule has 0 aromatic heterocycles. The van der Waals surface area contributed by atoms with Crippen molar-refractivity contribution in [2.75, 3.05) is 0 Å². The molecule has 0 aliphatic carbocycles. The quantitative estimate of drug-likeness (QED) is 0.824. The molecule has 2 nitrogen and oxygen atoms in total. The Balaban J connectivity index is 2.03. The Hall–Kier alpha value is -0.860. The molecule has 1 saturated heterocycles. The summed E-state index contributed by atoms with van der Waals surface area (Å²) < 4.78 is 5.85. The minimum Gasteiger partial charge on any atom is -0.390 e. The van der Waals surface area contributed by atoms with Crippen LogP contribution in [0.1, 0.15) is 37.9 Å². The standard InChI is InChI=1S/C13H18O2/c1-2-6-12-11(14)9-13(15-12)10-7-4-3-5-8-10/h3-5,7-8,11-14H,2,6,9H2,1H3/t11-,12+,13-/m1/s1. The first-order valence-electron chi connectivity index (χ1n) is 5.69. The molecule has 1 heterocycles. The van der Waals surface area contributed by atoms with Crippen molar-refractivity contribution in [3.05, 3.63) is 35.9 Å².